The van der Waals surface area contributed by atoms with Crippen molar-refractivity contribution < 1.29 is 9.13 Å². The lowest BCUT2D eigenvalue weighted by Crippen LogP contribution is -2.33. The average Bonchev–Trinajstić information content (AvgIpc) is 2.78. The van der Waals surface area contributed by atoms with E-state index in [1.54, 1.807) is 0 Å². The van der Waals surface area contributed by atoms with E-state index in [1.807, 2.05) is 17.7 Å². The van der Waals surface area contributed by atoms with Gasteiger partial charge in [0, 0.05) is 25.8 Å². The average molecular weight is 271 g/mol. The molecular weight excluding hydrogens is 245 g/mol. The van der Waals surface area contributed by atoms with Crippen molar-refractivity contribution in [2.24, 2.45) is 5.73 Å². The van der Waals surface area contributed by atoms with E-state index in [1.165, 1.54) is 7.11 Å². The van der Waals surface area contributed by atoms with Crippen molar-refractivity contribution in [2.45, 2.75) is 51.7 Å². The minimum atomic E-state index is -1.36. The summed E-state index contributed by atoms with van der Waals surface area (Å²) in [5, 5.41) is 4.46. The fourth-order valence-corrected chi connectivity index (χ4v) is 2.32. The Kier molecular flexibility index (Phi) is 6.45. The van der Waals surface area contributed by atoms with E-state index in [0.29, 0.717) is 25.8 Å². The van der Waals surface area contributed by atoms with E-state index in [0.717, 1.165) is 24.4 Å². The van der Waals surface area contributed by atoms with Gasteiger partial charge in [0.1, 0.15) is 5.67 Å². The van der Waals surface area contributed by atoms with Crippen molar-refractivity contribution in [3.8, 4) is 0 Å². The van der Waals surface area contributed by atoms with Gasteiger partial charge in [0.05, 0.1) is 12.3 Å². The van der Waals surface area contributed by atoms with Gasteiger partial charge in [0.2, 0.25) is 0 Å². The molecule has 19 heavy (non-hydrogen) atoms. The molecule has 4 nitrogen and oxygen atoms in total. The smallest absolute Gasteiger partial charge is 0.139 e. The van der Waals surface area contributed by atoms with Crippen LogP contribution in [0, 0.1) is 0 Å². The van der Waals surface area contributed by atoms with Crippen molar-refractivity contribution in [3.63, 3.8) is 0 Å². The monoisotopic (exact) mass is 271 g/mol. The number of methoxy groups -OCH3 is 1. The van der Waals surface area contributed by atoms with E-state index in [-0.39, 0.29) is 6.61 Å². The zero-order chi connectivity index (χ0) is 14.3. The van der Waals surface area contributed by atoms with Crippen molar-refractivity contribution in [1.29, 1.82) is 0 Å². The zero-order valence-electron chi connectivity index (χ0n) is 12.3. The number of rotatable bonds is 9. The normalized spacial score (nSPS) is 14.6. The molecule has 1 heterocycles. The van der Waals surface area contributed by atoms with Crippen LogP contribution in [-0.4, -0.2) is 35.7 Å². The SMILES string of the molecule is CCc1cc(CC(F)(CCCN)COC)n(CC)n1. The summed E-state index contributed by atoms with van der Waals surface area (Å²) in [7, 11) is 1.53. The Morgan fingerprint density at radius 2 is 2.21 bits per heavy atom. The third-order valence-corrected chi connectivity index (χ3v) is 3.31. The minimum absolute atomic E-state index is 0.101. The molecule has 0 aliphatic carbocycles. The van der Waals surface area contributed by atoms with Gasteiger partial charge < -0.3 is 10.5 Å². The Balaban J connectivity index is 2.85. The highest BCUT2D eigenvalue weighted by molar-refractivity contribution is 5.13. The fourth-order valence-electron chi connectivity index (χ4n) is 2.32. The molecule has 110 valence electrons. The van der Waals surface area contributed by atoms with Crippen LogP contribution in [0.4, 0.5) is 4.39 Å². The summed E-state index contributed by atoms with van der Waals surface area (Å²) >= 11 is 0. The van der Waals surface area contributed by atoms with Crippen molar-refractivity contribution in [1.82, 2.24) is 9.78 Å². The Hall–Kier alpha value is -0.940. The summed E-state index contributed by atoms with van der Waals surface area (Å²) in [6, 6.07) is 2.00. The molecule has 0 fully saturated rings. The van der Waals surface area contributed by atoms with Gasteiger partial charge in [-0.1, -0.05) is 6.92 Å². The van der Waals surface area contributed by atoms with Crippen LogP contribution in [0.25, 0.3) is 0 Å². The highest BCUT2D eigenvalue weighted by Gasteiger charge is 2.31. The minimum Gasteiger partial charge on any atom is -0.381 e. The van der Waals surface area contributed by atoms with Gasteiger partial charge in [-0.2, -0.15) is 5.10 Å². The number of hydrogen-bond donors (Lipinski definition) is 1. The van der Waals surface area contributed by atoms with E-state index < -0.39 is 5.67 Å². The van der Waals surface area contributed by atoms with Gasteiger partial charge in [-0.25, -0.2) is 4.39 Å². The summed E-state index contributed by atoms with van der Waals surface area (Å²) < 4.78 is 21.8. The summed E-state index contributed by atoms with van der Waals surface area (Å²) in [4.78, 5) is 0. The molecule has 0 aliphatic heterocycles. The summed E-state index contributed by atoms with van der Waals surface area (Å²) in [6.45, 7) is 5.44. The fraction of sp³-hybridized carbons (Fsp3) is 0.786. The number of hydrogen-bond acceptors (Lipinski definition) is 3. The number of aromatic nitrogens is 2. The molecule has 2 N–H and O–H groups in total. The van der Waals surface area contributed by atoms with Crippen LogP contribution >= 0.6 is 0 Å². The molecule has 0 aliphatic rings. The van der Waals surface area contributed by atoms with E-state index in [4.69, 9.17) is 10.5 Å². The van der Waals surface area contributed by atoms with Crippen LogP contribution in [0.3, 0.4) is 0 Å². The maximum atomic E-state index is 14.9. The molecule has 0 saturated heterocycles. The topological polar surface area (TPSA) is 53.1 Å². The second-order valence-electron chi connectivity index (χ2n) is 4.95. The Bertz CT molecular complexity index is 381. The van der Waals surface area contributed by atoms with E-state index in [2.05, 4.69) is 12.0 Å². The molecular formula is C14H26FN3O. The van der Waals surface area contributed by atoms with E-state index in [9.17, 15) is 4.39 Å². The molecule has 5 heteroatoms. The lowest BCUT2D eigenvalue weighted by atomic mass is 9.94. The molecule has 0 saturated carbocycles. The van der Waals surface area contributed by atoms with Crippen LogP contribution < -0.4 is 5.73 Å². The van der Waals surface area contributed by atoms with Gasteiger partial charge in [0.25, 0.3) is 0 Å². The van der Waals surface area contributed by atoms with Crippen molar-refractivity contribution in [3.05, 3.63) is 17.5 Å². The maximum absolute atomic E-state index is 14.9. The van der Waals surface area contributed by atoms with Crippen molar-refractivity contribution in [2.75, 3.05) is 20.3 Å². The second-order valence-corrected chi connectivity index (χ2v) is 4.95. The quantitative estimate of drug-likeness (QED) is 0.748. The Morgan fingerprint density at radius 3 is 2.74 bits per heavy atom. The largest absolute Gasteiger partial charge is 0.381 e. The molecule has 0 radical (unpaired) electrons. The Labute approximate surface area is 115 Å². The van der Waals surface area contributed by atoms with Gasteiger partial charge in [0.15, 0.2) is 0 Å². The lowest BCUT2D eigenvalue weighted by Gasteiger charge is -2.24. The predicted molar refractivity (Wildman–Crippen MR) is 75.0 cm³/mol. The zero-order valence-corrected chi connectivity index (χ0v) is 12.3. The van der Waals surface area contributed by atoms with Crippen LogP contribution in [0.1, 0.15) is 38.1 Å². The number of ether oxygens (including phenoxy) is 1. The van der Waals surface area contributed by atoms with E-state index >= 15 is 0 Å². The third kappa shape index (κ3) is 4.58. The molecule has 0 aromatic carbocycles. The predicted octanol–water partition coefficient (Wildman–Crippen LogP) is 2.10. The second kappa shape index (κ2) is 7.60. The Morgan fingerprint density at radius 1 is 1.47 bits per heavy atom. The summed E-state index contributed by atoms with van der Waals surface area (Å²) in [6.07, 6.45) is 2.29. The highest BCUT2D eigenvalue weighted by Crippen LogP contribution is 2.25. The highest BCUT2D eigenvalue weighted by atomic mass is 19.1. The summed E-state index contributed by atoms with van der Waals surface area (Å²) in [5.74, 6) is 0. The molecule has 1 rings (SSSR count). The van der Waals surface area contributed by atoms with Gasteiger partial charge >= 0.3 is 0 Å². The molecule has 1 atom stereocenters. The standard InChI is InChI=1S/C14H26FN3O/c1-4-12-9-13(18(5-2)17-12)10-14(15,11-19-3)7-6-8-16/h9H,4-8,10-11,16H2,1-3H3. The first-order chi connectivity index (χ1) is 9.08. The molecule has 0 bridgehead atoms. The van der Waals surface area contributed by atoms with Crippen LogP contribution in [0.2, 0.25) is 0 Å². The van der Waals surface area contributed by atoms with Crippen LogP contribution in [0.15, 0.2) is 6.07 Å². The summed E-state index contributed by atoms with van der Waals surface area (Å²) in [5.41, 5.74) is 6.08. The van der Waals surface area contributed by atoms with Crippen molar-refractivity contribution >= 4 is 0 Å². The number of nitrogens with two attached hydrogens (primary N) is 1. The lowest BCUT2D eigenvalue weighted by molar-refractivity contribution is 0.0320. The number of alkyl halides is 1. The molecule has 1 aromatic rings. The molecule has 0 spiro atoms. The van der Waals surface area contributed by atoms with Gasteiger partial charge in [-0.05, 0) is 38.8 Å². The maximum Gasteiger partial charge on any atom is 0.139 e. The third-order valence-electron chi connectivity index (χ3n) is 3.31. The van der Waals surface area contributed by atoms with Crippen LogP contribution in [-0.2, 0) is 24.1 Å². The van der Waals surface area contributed by atoms with Crippen LogP contribution in [0.5, 0.6) is 0 Å². The molecule has 1 unspecified atom stereocenters. The molecule has 0 amide bonds. The first-order valence-electron chi connectivity index (χ1n) is 7.02. The van der Waals surface area contributed by atoms with Gasteiger partial charge in [-0.3, -0.25) is 4.68 Å². The van der Waals surface area contributed by atoms with Gasteiger partial charge in [-0.15, -0.1) is 0 Å². The number of nitrogens with zero attached hydrogens (tertiary/aromatic N) is 2. The molecule has 1 aromatic heterocycles. The number of halogens is 1. The first kappa shape index (κ1) is 16.1. The first-order valence-corrected chi connectivity index (χ1v) is 7.02. The number of aryl methyl sites for hydroxylation is 2.